The molecule has 104 valence electrons. The van der Waals surface area contributed by atoms with Gasteiger partial charge in [0.25, 0.3) is 0 Å². The molecule has 0 atom stereocenters. The van der Waals surface area contributed by atoms with Gasteiger partial charge >= 0.3 is 0 Å². The lowest BCUT2D eigenvalue weighted by atomic mass is 10.0. The summed E-state index contributed by atoms with van der Waals surface area (Å²) in [5.41, 5.74) is 1.12. The Labute approximate surface area is 120 Å². The molecule has 2 aromatic carbocycles. The van der Waals surface area contributed by atoms with Crippen LogP contribution in [-0.4, -0.2) is 23.9 Å². The van der Waals surface area contributed by atoms with Crippen molar-refractivity contribution in [2.75, 3.05) is 13.1 Å². The maximum absolute atomic E-state index is 12.4. The highest BCUT2D eigenvalue weighted by Crippen LogP contribution is 2.17. The third-order valence-electron chi connectivity index (χ3n) is 4.13. The summed E-state index contributed by atoms with van der Waals surface area (Å²) in [5, 5.41) is 2.45. The average molecular weight is 267 g/mol. The van der Waals surface area contributed by atoms with E-state index in [1.807, 2.05) is 17.0 Å². The summed E-state index contributed by atoms with van der Waals surface area (Å²) in [6.45, 7) is 1.87. The highest BCUT2D eigenvalue weighted by Gasteiger charge is 2.15. The van der Waals surface area contributed by atoms with Crippen LogP contribution in [0.2, 0.25) is 0 Å². The van der Waals surface area contributed by atoms with E-state index < -0.39 is 0 Å². The minimum atomic E-state index is 0.280. The molecule has 1 aliphatic heterocycles. The van der Waals surface area contributed by atoms with Gasteiger partial charge in [-0.2, -0.15) is 0 Å². The zero-order chi connectivity index (χ0) is 13.8. The second-order valence-electron chi connectivity index (χ2n) is 5.65. The van der Waals surface area contributed by atoms with Gasteiger partial charge in [0, 0.05) is 13.1 Å². The lowest BCUT2D eigenvalue weighted by Gasteiger charge is -2.20. The number of carbonyl (C=O) groups excluding carboxylic acids is 1. The Kier molecular flexibility index (Phi) is 4.00. The number of benzene rings is 2. The Morgan fingerprint density at radius 2 is 1.60 bits per heavy atom. The van der Waals surface area contributed by atoms with Crippen LogP contribution in [0.5, 0.6) is 0 Å². The Bertz CT molecular complexity index is 597. The zero-order valence-corrected chi connectivity index (χ0v) is 11.8. The minimum Gasteiger partial charge on any atom is -0.342 e. The van der Waals surface area contributed by atoms with Crippen molar-refractivity contribution in [3.05, 3.63) is 48.0 Å². The van der Waals surface area contributed by atoms with Gasteiger partial charge in [0.15, 0.2) is 0 Å². The molecule has 0 spiro atoms. The monoisotopic (exact) mass is 267 g/mol. The van der Waals surface area contributed by atoms with E-state index in [2.05, 4.69) is 30.3 Å². The molecule has 20 heavy (non-hydrogen) atoms. The van der Waals surface area contributed by atoms with Gasteiger partial charge in [-0.15, -0.1) is 0 Å². The molecule has 0 aromatic heterocycles. The molecule has 2 aromatic rings. The van der Waals surface area contributed by atoms with Gasteiger partial charge in [-0.25, -0.2) is 0 Å². The Balaban J connectivity index is 1.73. The van der Waals surface area contributed by atoms with Gasteiger partial charge in [-0.05, 0) is 29.2 Å². The summed E-state index contributed by atoms with van der Waals surface area (Å²) in [7, 11) is 0. The summed E-state index contributed by atoms with van der Waals surface area (Å²) >= 11 is 0. The van der Waals surface area contributed by atoms with Crippen LogP contribution in [0, 0.1) is 0 Å². The van der Waals surface area contributed by atoms with E-state index in [1.54, 1.807) is 0 Å². The van der Waals surface area contributed by atoms with Crippen LogP contribution in [0.1, 0.15) is 31.2 Å². The fraction of sp³-hybridized carbons (Fsp3) is 0.389. The standard InChI is InChI=1S/C18H21NO/c20-18(19-11-5-1-2-6-12-19)14-15-9-10-16-7-3-4-8-17(16)13-15/h3-4,7-10,13H,1-2,5-6,11-12,14H2. The molecule has 1 saturated heterocycles. The van der Waals surface area contributed by atoms with E-state index in [-0.39, 0.29) is 5.91 Å². The Hall–Kier alpha value is -1.83. The van der Waals surface area contributed by atoms with Crippen LogP contribution in [0.4, 0.5) is 0 Å². The number of likely N-dealkylation sites (tertiary alicyclic amines) is 1. The van der Waals surface area contributed by atoms with Crippen molar-refractivity contribution in [1.82, 2.24) is 4.90 Å². The molecule has 0 aliphatic carbocycles. The largest absolute Gasteiger partial charge is 0.342 e. The van der Waals surface area contributed by atoms with Gasteiger partial charge in [0.2, 0.25) is 5.91 Å². The lowest BCUT2D eigenvalue weighted by molar-refractivity contribution is -0.130. The normalized spacial score (nSPS) is 16.1. The first-order valence-corrected chi connectivity index (χ1v) is 7.58. The summed E-state index contributed by atoms with van der Waals surface area (Å²) < 4.78 is 0. The molecule has 1 aliphatic rings. The molecular weight excluding hydrogens is 246 g/mol. The number of amides is 1. The molecular formula is C18H21NO. The smallest absolute Gasteiger partial charge is 0.226 e. The van der Waals surface area contributed by atoms with Crippen molar-refractivity contribution in [3.63, 3.8) is 0 Å². The molecule has 1 fully saturated rings. The minimum absolute atomic E-state index is 0.280. The molecule has 0 radical (unpaired) electrons. The molecule has 1 amide bonds. The second-order valence-corrected chi connectivity index (χ2v) is 5.65. The molecule has 2 heteroatoms. The van der Waals surface area contributed by atoms with E-state index >= 15 is 0 Å². The zero-order valence-electron chi connectivity index (χ0n) is 11.8. The van der Waals surface area contributed by atoms with Crippen LogP contribution in [0.3, 0.4) is 0 Å². The first-order valence-electron chi connectivity index (χ1n) is 7.58. The molecule has 0 N–H and O–H groups in total. The third-order valence-corrected chi connectivity index (χ3v) is 4.13. The van der Waals surface area contributed by atoms with Crippen molar-refractivity contribution in [1.29, 1.82) is 0 Å². The molecule has 0 unspecified atom stereocenters. The predicted octanol–water partition coefficient (Wildman–Crippen LogP) is 3.78. The van der Waals surface area contributed by atoms with Crippen molar-refractivity contribution >= 4 is 16.7 Å². The van der Waals surface area contributed by atoms with Gasteiger partial charge in [-0.1, -0.05) is 55.3 Å². The van der Waals surface area contributed by atoms with Gasteiger partial charge < -0.3 is 4.90 Å². The second kappa shape index (κ2) is 6.08. The number of fused-ring (bicyclic) bond motifs is 1. The van der Waals surface area contributed by atoms with Crippen molar-refractivity contribution in [2.45, 2.75) is 32.1 Å². The number of rotatable bonds is 2. The molecule has 2 nitrogen and oxygen atoms in total. The highest BCUT2D eigenvalue weighted by molar-refractivity contribution is 5.85. The van der Waals surface area contributed by atoms with E-state index in [0.717, 1.165) is 31.5 Å². The number of hydrogen-bond donors (Lipinski definition) is 0. The molecule has 3 rings (SSSR count). The van der Waals surface area contributed by atoms with Gasteiger partial charge in [-0.3, -0.25) is 4.79 Å². The van der Waals surface area contributed by atoms with Crippen LogP contribution < -0.4 is 0 Å². The van der Waals surface area contributed by atoms with E-state index in [4.69, 9.17) is 0 Å². The van der Waals surface area contributed by atoms with Crippen LogP contribution in [-0.2, 0) is 11.2 Å². The summed E-state index contributed by atoms with van der Waals surface area (Å²) in [6, 6.07) is 14.6. The first-order chi connectivity index (χ1) is 9.83. The average Bonchev–Trinajstić information content (AvgIpc) is 2.76. The highest BCUT2D eigenvalue weighted by atomic mass is 16.2. The Morgan fingerprint density at radius 3 is 2.35 bits per heavy atom. The van der Waals surface area contributed by atoms with Crippen LogP contribution in [0.25, 0.3) is 10.8 Å². The van der Waals surface area contributed by atoms with E-state index in [9.17, 15) is 4.79 Å². The maximum atomic E-state index is 12.4. The topological polar surface area (TPSA) is 20.3 Å². The summed E-state index contributed by atoms with van der Waals surface area (Å²) in [6.07, 6.45) is 5.37. The van der Waals surface area contributed by atoms with Gasteiger partial charge in [0.1, 0.15) is 0 Å². The third kappa shape index (κ3) is 3.01. The van der Waals surface area contributed by atoms with Crippen molar-refractivity contribution in [2.24, 2.45) is 0 Å². The molecule has 1 heterocycles. The van der Waals surface area contributed by atoms with Crippen molar-refractivity contribution in [3.8, 4) is 0 Å². The fourth-order valence-electron chi connectivity index (χ4n) is 2.96. The number of hydrogen-bond acceptors (Lipinski definition) is 1. The number of nitrogens with zero attached hydrogens (tertiary/aromatic N) is 1. The molecule has 0 saturated carbocycles. The SMILES string of the molecule is O=C(Cc1ccc2ccccc2c1)N1CCCCCC1. The molecule has 0 bridgehead atoms. The summed E-state index contributed by atoms with van der Waals surface area (Å²) in [5.74, 6) is 0.280. The first kappa shape index (κ1) is 13.2. The van der Waals surface area contributed by atoms with Gasteiger partial charge in [0.05, 0.1) is 6.42 Å². The van der Waals surface area contributed by atoms with E-state index in [1.165, 1.54) is 23.6 Å². The van der Waals surface area contributed by atoms with Crippen LogP contribution in [0.15, 0.2) is 42.5 Å². The maximum Gasteiger partial charge on any atom is 0.226 e. The fourth-order valence-corrected chi connectivity index (χ4v) is 2.96. The number of carbonyl (C=O) groups is 1. The summed E-state index contributed by atoms with van der Waals surface area (Å²) in [4.78, 5) is 14.4. The van der Waals surface area contributed by atoms with Crippen LogP contribution >= 0.6 is 0 Å². The van der Waals surface area contributed by atoms with Crippen molar-refractivity contribution < 1.29 is 4.79 Å². The van der Waals surface area contributed by atoms with E-state index in [0.29, 0.717) is 6.42 Å². The Morgan fingerprint density at radius 1 is 0.900 bits per heavy atom. The predicted molar refractivity (Wildman–Crippen MR) is 82.7 cm³/mol. The lowest BCUT2D eigenvalue weighted by Crippen LogP contribution is -2.33. The quantitative estimate of drug-likeness (QED) is 0.810.